The van der Waals surface area contributed by atoms with Gasteiger partial charge in [0.15, 0.2) is 0 Å². The van der Waals surface area contributed by atoms with E-state index in [4.69, 9.17) is 5.73 Å². The van der Waals surface area contributed by atoms with Gasteiger partial charge in [0.2, 0.25) is 5.91 Å². The molecule has 2 atom stereocenters. The molecule has 126 valence electrons. The molecular formula is C17H23Cl2N3O. The molecule has 1 amide bonds. The van der Waals surface area contributed by atoms with E-state index in [0.717, 1.165) is 42.3 Å². The third-order valence-electron chi connectivity index (χ3n) is 4.43. The van der Waals surface area contributed by atoms with E-state index >= 15 is 0 Å². The van der Waals surface area contributed by atoms with E-state index in [-0.39, 0.29) is 36.6 Å². The number of carbonyl (C=O) groups excluding carboxylic acids is 1. The molecular weight excluding hydrogens is 333 g/mol. The first-order valence-corrected chi connectivity index (χ1v) is 7.51. The van der Waals surface area contributed by atoms with Crippen molar-refractivity contribution in [3.8, 4) is 0 Å². The summed E-state index contributed by atoms with van der Waals surface area (Å²) in [6.45, 7) is 1.98. The lowest BCUT2D eigenvalue weighted by Crippen LogP contribution is -2.51. The molecule has 6 heteroatoms. The molecule has 3 rings (SSSR count). The molecule has 1 fully saturated rings. The van der Waals surface area contributed by atoms with Crippen LogP contribution in [0.25, 0.3) is 10.9 Å². The van der Waals surface area contributed by atoms with E-state index in [1.54, 1.807) is 6.20 Å². The van der Waals surface area contributed by atoms with Gasteiger partial charge >= 0.3 is 0 Å². The Morgan fingerprint density at radius 2 is 2.04 bits per heavy atom. The van der Waals surface area contributed by atoms with Crippen LogP contribution in [-0.4, -0.2) is 16.4 Å². The van der Waals surface area contributed by atoms with Gasteiger partial charge in [-0.15, -0.1) is 24.8 Å². The normalized spacial score (nSPS) is 23.5. The van der Waals surface area contributed by atoms with Gasteiger partial charge in [-0.3, -0.25) is 9.78 Å². The zero-order valence-corrected chi connectivity index (χ0v) is 14.8. The van der Waals surface area contributed by atoms with E-state index in [9.17, 15) is 4.79 Å². The molecule has 1 aromatic carbocycles. The molecule has 0 spiro atoms. The van der Waals surface area contributed by atoms with Crippen molar-refractivity contribution in [2.24, 2.45) is 11.7 Å². The average molecular weight is 356 g/mol. The quantitative estimate of drug-likeness (QED) is 0.857. The van der Waals surface area contributed by atoms with Crippen molar-refractivity contribution in [3.63, 3.8) is 0 Å². The van der Waals surface area contributed by atoms with Crippen molar-refractivity contribution in [2.75, 3.05) is 5.32 Å². The summed E-state index contributed by atoms with van der Waals surface area (Å²) in [6, 6.07) is 9.82. The number of hydrogen-bond donors (Lipinski definition) is 2. The molecule has 2 aromatic rings. The fraction of sp³-hybridized carbons (Fsp3) is 0.412. The molecule has 4 nitrogen and oxygen atoms in total. The monoisotopic (exact) mass is 355 g/mol. The van der Waals surface area contributed by atoms with Crippen molar-refractivity contribution in [3.05, 3.63) is 36.5 Å². The molecule has 0 aliphatic heterocycles. The Hall–Kier alpha value is -1.36. The van der Waals surface area contributed by atoms with Crippen LogP contribution < -0.4 is 11.1 Å². The molecule has 3 N–H and O–H groups in total. The number of anilines is 1. The van der Waals surface area contributed by atoms with Crippen LogP contribution in [0.4, 0.5) is 5.69 Å². The molecule has 1 aliphatic rings. The number of hydrogen-bond acceptors (Lipinski definition) is 3. The number of nitrogens with zero attached hydrogens (tertiary/aromatic N) is 1. The van der Waals surface area contributed by atoms with Crippen molar-refractivity contribution < 1.29 is 4.79 Å². The Balaban J connectivity index is 0.00000132. The van der Waals surface area contributed by atoms with Crippen LogP contribution in [0.3, 0.4) is 0 Å². The Morgan fingerprint density at radius 3 is 2.78 bits per heavy atom. The minimum Gasteiger partial charge on any atom is -0.325 e. The Kier molecular flexibility index (Phi) is 6.81. The standard InChI is InChI=1S/C17H21N3O.2ClH/c1-17(18)9-5-4-7-14(17)16(21)20-13-10-12-6-2-3-8-15(12)19-11-13;;/h2-3,6,8,10-11,14H,4-5,7,9,18H2,1H3,(H,20,21);2*1H. The molecule has 1 saturated carbocycles. The number of pyridine rings is 1. The number of benzene rings is 1. The maximum Gasteiger partial charge on any atom is 0.229 e. The van der Waals surface area contributed by atoms with Crippen LogP contribution in [0.2, 0.25) is 0 Å². The summed E-state index contributed by atoms with van der Waals surface area (Å²) < 4.78 is 0. The van der Waals surface area contributed by atoms with E-state index in [1.807, 2.05) is 37.3 Å². The summed E-state index contributed by atoms with van der Waals surface area (Å²) in [6.07, 6.45) is 5.65. The Bertz CT molecular complexity index is 676. The van der Waals surface area contributed by atoms with Crippen molar-refractivity contribution in [1.82, 2.24) is 4.98 Å². The molecule has 0 radical (unpaired) electrons. The van der Waals surface area contributed by atoms with E-state index in [0.29, 0.717) is 0 Å². The highest BCUT2D eigenvalue weighted by Crippen LogP contribution is 2.32. The first-order valence-electron chi connectivity index (χ1n) is 7.51. The number of aromatic nitrogens is 1. The maximum absolute atomic E-state index is 12.5. The molecule has 0 bridgehead atoms. The number of rotatable bonds is 2. The second-order valence-corrected chi connectivity index (χ2v) is 6.21. The highest BCUT2D eigenvalue weighted by atomic mass is 35.5. The van der Waals surface area contributed by atoms with Crippen LogP contribution in [0, 0.1) is 5.92 Å². The predicted octanol–water partition coefficient (Wildman–Crippen LogP) is 3.92. The number of halogens is 2. The lowest BCUT2D eigenvalue weighted by Gasteiger charge is -2.37. The fourth-order valence-corrected chi connectivity index (χ4v) is 3.16. The first-order chi connectivity index (χ1) is 10.1. The van der Waals surface area contributed by atoms with Crippen LogP contribution >= 0.6 is 24.8 Å². The third kappa shape index (κ3) is 4.34. The highest BCUT2D eigenvalue weighted by Gasteiger charge is 2.37. The number of fused-ring (bicyclic) bond motifs is 1. The predicted molar refractivity (Wildman–Crippen MR) is 99.4 cm³/mol. The fourth-order valence-electron chi connectivity index (χ4n) is 3.16. The number of carbonyl (C=O) groups is 1. The minimum atomic E-state index is -0.410. The van der Waals surface area contributed by atoms with Gasteiger partial charge in [-0.2, -0.15) is 0 Å². The Morgan fingerprint density at radius 1 is 1.30 bits per heavy atom. The zero-order valence-electron chi connectivity index (χ0n) is 13.1. The molecule has 1 aromatic heterocycles. The third-order valence-corrected chi connectivity index (χ3v) is 4.43. The highest BCUT2D eigenvalue weighted by molar-refractivity contribution is 5.95. The number of nitrogens with two attached hydrogens (primary N) is 1. The van der Waals surface area contributed by atoms with Gasteiger partial charge in [0.05, 0.1) is 23.3 Å². The van der Waals surface area contributed by atoms with Gasteiger partial charge in [-0.1, -0.05) is 31.0 Å². The van der Waals surface area contributed by atoms with Crippen LogP contribution in [0.5, 0.6) is 0 Å². The van der Waals surface area contributed by atoms with Crippen LogP contribution in [0.1, 0.15) is 32.6 Å². The van der Waals surface area contributed by atoms with Gasteiger partial charge in [-0.25, -0.2) is 0 Å². The van der Waals surface area contributed by atoms with E-state index in [2.05, 4.69) is 10.3 Å². The largest absolute Gasteiger partial charge is 0.325 e. The average Bonchev–Trinajstić information content (AvgIpc) is 2.46. The lowest BCUT2D eigenvalue weighted by molar-refractivity contribution is -0.122. The summed E-state index contributed by atoms with van der Waals surface area (Å²) >= 11 is 0. The molecule has 1 heterocycles. The minimum absolute atomic E-state index is 0. The summed E-state index contributed by atoms with van der Waals surface area (Å²) in [4.78, 5) is 16.9. The summed E-state index contributed by atoms with van der Waals surface area (Å²) in [5.41, 5.74) is 7.54. The van der Waals surface area contributed by atoms with Crippen molar-refractivity contribution in [2.45, 2.75) is 38.1 Å². The summed E-state index contributed by atoms with van der Waals surface area (Å²) in [5, 5.41) is 4.00. The smallest absolute Gasteiger partial charge is 0.229 e. The number of amides is 1. The first kappa shape index (κ1) is 19.7. The SMILES string of the molecule is CC1(N)CCCCC1C(=O)Nc1cnc2ccccc2c1.Cl.Cl. The van der Waals surface area contributed by atoms with Crippen molar-refractivity contribution >= 4 is 47.3 Å². The van der Waals surface area contributed by atoms with Crippen molar-refractivity contribution in [1.29, 1.82) is 0 Å². The zero-order chi connectivity index (χ0) is 14.9. The molecule has 2 unspecified atom stereocenters. The topological polar surface area (TPSA) is 68.0 Å². The number of nitrogens with one attached hydrogen (secondary N) is 1. The van der Waals surface area contributed by atoms with Crippen LogP contribution in [-0.2, 0) is 4.79 Å². The van der Waals surface area contributed by atoms with Gasteiger partial charge in [0.1, 0.15) is 0 Å². The van der Waals surface area contributed by atoms with Gasteiger partial charge in [0.25, 0.3) is 0 Å². The van der Waals surface area contributed by atoms with Crippen LogP contribution in [0.15, 0.2) is 36.5 Å². The van der Waals surface area contributed by atoms with E-state index in [1.165, 1.54) is 0 Å². The molecule has 23 heavy (non-hydrogen) atoms. The van der Waals surface area contributed by atoms with Gasteiger partial charge in [0, 0.05) is 10.9 Å². The molecule has 0 saturated heterocycles. The second-order valence-electron chi connectivity index (χ2n) is 6.21. The summed E-state index contributed by atoms with van der Waals surface area (Å²) in [5.74, 6) is -0.116. The molecule has 1 aliphatic carbocycles. The lowest BCUT2D eigenvalue weighted by atomic mass is 9.74. The van der Waals surface area contributed by atoms with E-state index < -0.39 is 5.54 Å². The van der Waals surface area contributed by atoms with Gasteiger partial charge < -0.3 is 11.1 Å². The van der Waals surface area contributed by atoms with Gasteiger partial charge in [-0.05, 0) is 31.9 Å². The number of para-hydroxylation sites is 1. The summed E-state index contributed by atoms with van der Waals surface area (Å²) in [7, 11) is 0. The Labute approximate surface area is 149 Å². The maximum atomic E-state index is 12.5. The second kappa shape index (κ2) is 7.95.